The van der Waals surface area contributed by atoms with Crippen molar-refractivity contribution in [2.24, 2.45) is 11.7 Å². The Balaban J connectivity index is 2.02. The molecule has 78 valence electrons. The number of hydrogen-bond acceptors (Lipinski definition) is 3. The van der Waals surface area contributed by atoms with Crippen LogP contribution in [-0.2, 0) is 6.42 Å². The van der Waals surface area contributed by atoms with Gasteiger partial charge in [-0.1, -0.05) is 6.92 Å². The van der Waals surface area contributed by atoms with Crippen LogP contribution in [0.2, 0.25) is 0 Å². The summed E-state index contributed by atoms with van der Waals surface area (Å²) in [5.74, 6) is 3.34. The summed E-state index contributed by atoms with van der Waals surface area (Å²) in [5, 5.41) is 7.22. The van der Waals surface area contributed by atoms with E-state index in [2.05, 4.69) is 22.1 Å². The molecular weight excluding hydrogens is 176 g/mol. The van der Waals surface area contributed by atoms with Crippen LogP contribution in [0.4, 0.5) is 0 Å². The predicted molar refractivity (Wildman–Crippen MR) is 54.9 cm³/mol. The Labute approximate surface area is 84.3 Å². The van der Waals surface area contributed by atoms with Crippen LogP contribution in [0.15, 0.2) is 0 Å². The van der Waals surface area contributed by atoms with Crippen LogP contribution in [0, 0.1) is 5.92 Å². The minimum Gasteiger partial charge on any atom is -0.330 e. The van der Waals surface area contributed by atoms with Gasteiger partial charge in [-0.15, -0.1) is 0 Å². The quantitative estimate of drug-likeness (QED) is 0.760. The summed E-state index contributed by atoms with van der Waals surface area (Å²) < 4.78 is 0. The monoisotopic (exact) mass is 194 g/mol. The van der Waals surface area contributed by atoms with Crippen molar-refractivity contribution in [3.8, 4) is 0 Å². The van der Waals surface area contributed by atoms with Gasteiger partial charge in [-0.05, 0) is 31.7 Å². The third-order valence-electron chi connectivity index (χ3n) is 2.99. The standard InChI is InChI=1S/C10H18N4/c1-7-2-3-8(6-7)10-12-9(4-5-11)13-14-10/h7-8H,2-6,11H2,1H3,(H,12,13,14). The van der Waals surface area contributed by atoms with E-state index < -0.39 is 0 Å². The molecule has 0 saturated heterocycles. The molecule has 0 radical (unpaired) electrons. The van der Waals surface area contributed by atoms with Crippen molar-refractivity contribution in [2.75, 3.05) is 6.54 Å². The first-order chi connectivity index (χ1) is 6.79. The molecule has 4 heteroatoms. The average Bonchev–Trinajstić information content (AvgIpc) is 2.74. The van der Waals surface area contributed by atoms with Gasteiger partial charge in [-0.3, -0.25) is 5.10 Å². The molecule has 1 aromatic heterocycles. The lowest BCUT2D eigenvalue weighted by Gasteiger charge is -2.02. The smallest absolute Gasteiger partial charge is 0.153 e. The molecule has 1 saturated carbocycles. The zero-order chi connectivity index (χ0) is 9.97. The summed E-state index contributed by atoms with van der Waals surface area (Å²) in [6.45, 7) is 2.93. The van der Waals surface area contributed by atoms with Crippen molar-refractivity contribution in [2.45, 2.75) is 38.5 Å². The normalized spacial score (nSPS) is 27.0. The summed E-state index contributed by atoms with van der Waals surface area (Å²) in [7, 11) is 0. The number of rotatable bonds is 3. The van der Waals surface area contributed by atoms with Crippen LogP contribution in [0.3, 0.4) is 0 Å². The van der Waals surface area contributed by atoms with Crippen LogP contribution in [0.1, 0.15) is 43.8 Å². The number of H-pyrrole nitrogens is 1. The van der Waals surface area contributed by atoms with Crippen LogP contribution in [-0.4, -0.2) is 21.7 Å². The topological polar surface area (TPSA) is 67.6 Å². The highest BCUT2D eigenvalue weighted by atomic mass is 15.2. The number of aromatic nitrogens is 3. The van der Waals surface area contributed by atoms with Gasteiger partial charge in [0, 0.05) is 12.3 Å². The van der Waals surface area contributed by atoms with Crippen LogP contribution in [0.25, 0.3) is 0 Å². The maximum atomic E-state index is 5.46. The van der Waals surface area contributed by atoms with Gasteiger partial charge in [0.05, 0.1) is 0 Å². The third-order valence-corrected chi connectivity index (χ3v) is 2.99. The molecule has 4 nitrogen and oxygen atoms in total. The lowest BCUT2D eigenvalue weighted by Crippen LogP contribution is -2.04. The highest BCUT2D eigenvalue weighted by Crippen LogP contribution is 2.36. The minimum absolute atomic E-state index is 0.577. The first kappa shape index (κ1) is 9.65. The molecule has 1 aliphatic carbocycles. The van der Waals surface area contributed by atoms with Gasteiger partial charge >= 0.3 is 0 Å². The number of nitrogens with one attached hydrogen (secondary N) is 1. The number of aromatic amines is 1. The fourth-order valence-corrected chi connectivity index (χ4v) is 2.18. The number of nitrogens with two attached hydrogens (primary N) is 1. The summed E-state index contributed by atoms with van der Waals surface area (Å²) in [6.07, 6.45) is 4.59. The molecule has 1 aromatic rings. The van der Waals surface area contributed by atoms with Gasteiger partial charge in [0.2, 0.25) is 0 Å². The second kappa shape index (κ2) is 4.09. The van der Waals surface area contributed by atoms with Gasteiger partial charge in [0.15, 0.2) is 5.82 Å². The lowest BCUT2D eigenvalue weighted by atomic mass is 10.1. The Morgan fingerprint density at radius 2 is 2.36 bits per heavy atom. The molecule has 1 fully saturated rings. The molecule has 2 rings (SSSR count). The van der Waals surface area contributed by atoms with E-state index in [4.69, 9.17) is 5.73 Å². The van der Waals surface area contributed by atoms with E-state index >= 15 is 0 Å². The van der Waals surface area contributed by atoms with Gasteiger partial charge in [0.25, 0.3) is 0 Å². The van der Waals surface area contributed by atoms with Crippen LogP contribution in [0.5, 0.6) is 0 Å². The second-order valence-electron chi connectivity index (χ2n) is 4.29. The van der Waals surface area contributed by atoms with Crippen molar-refractivity contribution in [1.82, 2.24) is 15.2 Å². The van der Waals surface area contributed by atoms with Crippen molar-refractivity contribution in [3.63, 3.8) is 0 Å². The Kier molecular flexibility index (Phi) is 2.82. The molecule has 14 heavy (non-hydrogen) atoms. The highest BCUT2D eigenvalue weighted by molar-refractivity contribution is 5.01. The van der Waals surface area contributed by atoms with Crippen LogP contribution >= 0.6 is 0 Å². The maximum Gasteiger partial charge on any atom is 0.153 e. The summed E-state index contributed by atoms with van der Waals surface area (Å²) in [6, 6.07) is 0. The Hall–Kier alpha value is -0.900. The van der Waals surface area contributed by atoms with E-state index in [1.165, 1.54) is 19.3 Å². The summed E-state index contributed by atoms with van der Waals surface area (Å²) in [5.41, 5.74) is 5.46. The molecule has 0 spiro atoms. The van der Waals surface area contributed by atoms with E-state index in [1.54, 1.807) is 0 Å². The first-order valence-electron chi connectivity index (χ1n) is 5.41. The molecule has 1 aliphatic rings. The largest absolute Gasteiger partial charge is 0.330 e. The maximum absolute atomic E-state index is 5.46. The minimum atomic E-state index is 0.577. The van der Waals surface area contributed by atoms with E-state index in [9.17, 15) is 0 Å². The first-order valence-corrected chi connectivity index (χ1v) is 5.41. The fourth-order valence-electron chi connectivity index (χ4n) is 2.18. The molecular formula is C10H18N4. The van der Waals surface area contributed by atoms with Crippen molar-refractivity contribution >= 4 is 0 Å². The second-order valence-corrected chi connectivity index (χ2v) is 4.29. The Morgan fingerprint density at radius 1 is 1.50 bits per heavy atom. The molecule has 1 heterocycles. The van der Waals surface area contributed by atoms with Gasteiger partial charge in [0.1, 0.15) is 5.82 Å². The number of nitrogens with zero attached hydrogens (tertiary/aromatic N) is 2. The molecule has 3 N–H and O–H groups in total. The van der Waals surface area contributed by atoms with E-state index in [0.29, 0.717) is 12.5 Å². The Bertz CT molecular complexity index is 294. The molecule has 0 amide bonds. The van der Waals surface area contributed by atoms with Gasteiger partial charge < -0.3 is 5.73 Å². The zero-order valence-electron chi connectivity index (χ0n) is 8.66. The Morgan fingerprint density at radius 3 is 3.00 bits per heavy atom. The third kappa shape index (κ3) is 1.95. The van der Waals surface area contributed by atoms with Gasteiger partial charge in [-0.2, -0.15) is 5.10 Å². The zero-order valence-corrected chi connectivity index (χ0v) is 8.66. The van der Waals surface area contributed by atoms with Crippen molar-refractivity contribution < 1.29 is 0 Å². The fraction of sp³-hybridized carbons (Fsp3) is 0.800. The molecule has 0 aromatic carbocycles. The van der Waals surface area contributed by atoms with Crippen molar-refractivity contribution in [1.29, 1.82) is 0 Å². The molecule has 0 bridgehead atoms. The molecule has 2 unspecified atom stereocenters. The predicted octanol–water partition coefficient (Wildman–Crippen LogP) is 1.21. The van der Waals surface area contributed by atoms with Gasteiger partial charge in [-0.25, -0.2) is 4.98 Å². The lowest BCUT2D eigenvalue weighted by molar-refractivity contribution is 0.586. The number of hydrogen-bond donors (Lipinski definition) is 2. The average molecular weight is 194 g/mol. The SMILES string of the molecule is CC1CCC(c2n[nH]c(CCN)n2)C1. The highest BCUT2D eigenvalue weighted by Gasteiger charge is 2.25. The van der Waals surface area contributed by atoms with E-state index in [0.717, 1.165) is 24.0 Å². The van der Waals surface area contributed by atoms with Crippen LogP contribution < -0.4 is 5.73 Å². The molecule has 0 aliphatic heterocycles. The van der Waals surface area contributed by atoms with Crippen molar-refractivity contribution in [3.05, 3.63) is 11.6 Å². The van der Waals surface area contributed by atoms with E-state index in [-0.39, 0.29) is 0 Å². The molecule has 2 atom stereocenters. The summed E-state index contributed by atoms with van der Waals surface area (Å²) in [4.78, 5) is 4.47. The summed E-state index contributed by atoms with van der Waals surface area (Å²) >= 11 is 0. The van der Waals surface area contributed by atoms with E-state index in [1.807, 2.05) is 0 Å².